The molecule has 0 saturated carbocycles. The maximum absolute atomic E-state index is 13.7. The summed E-state index contributed by atoms with van der Waals surface area (Å²) in [7, 11) is 1.87. The summed E-state index contributed by atoms with van der Waals surface area (Å²) in [6.07, 6.45) is 0. The first-order valence-corrected chi connectivity index (χ1v) is 11.2. The monoisotopic (exact) mass is 441 g/mol. The molecule has 1 saturated heterocycles. The van der Waals surface area contributed by atoms with Crippen molar-refractivity contribution in [2.45, 2.75) is 20.8 Å². The van der Waals surface area contributed by atoms with Crippen molar-refractivity contribution in [1.29, 1.82) is 0 Å². The van der Waals surface area contributed by atoms with Crippen LogP contribution >= 0.6 is 0 Å². The van der Waals surface area contributed by atoms with Crippen molar-refractivity contribution in [2.24, 2.45) is 7.05 Å². The second-order valence-electron chi connectivity index (χ2n) is 8.52. The minimum absolute atomic E-state index is 0.0189. The molecule has 168 valence electrons. The van der Waals surface area contributed by atoms with Gasteiger partial charge in [0.1, 0.15) is 11.6 Å². The van der Waals surface area contributed by atoms with Gasteiger partial charge >= 0.3 is 0 Å². The number of piperazine rings is 1. The fourth-order valence-electron chi connectivity index (χ4n) is 4.54. The van der Waals surface area contributed by atoms with Crippen LogP contribution in [0.15, 0.2) is 42.5 Å². The Bertz CT molecular complexity index is 1320. The molecule has 1 fully saturated rings. The van der Waals surface area contributed by atoms with E-state index in [0.29, 0.717) is 18.7 Å². The average Bonchev–Trinajstić information content (AvgIpc) is 3.11. The van der Waals surface area contributed by atoms with Crippen molar-refractivity contribution in [3.05, 3.63) is 65.2 Å². The zero-order valence-electron chi connectivity index (χ0n) is 19.4. The molecule has 8 nitrogen and oxygen atoms in total. The Hall–Kier alpha value is -3.81. The van der Waals surface area contributed by atoms with Crippen molar-refractivity contribution in [3.63, 3.8) is 0 Å². The Morgan fingerprint density at radius 2 is 1.64 bits per heavy atom. The molecule has 0 radical (unpaired) electrons. The maximum atomic E-state index is 13.7. The molecule has 0 aliphatic carbocycles. The lowest BCUT2D eigenvalue weighted by Crippen LogP contribution is -2.49. The molecule has 8 heteroatoms. The molecule has 1 aliphatic heterocycles. The summed E-state index contributed by atoms with van der Waals surface area (Å²) in [5, 5.41) is 5.37. The second kappa shape index (κ2) is 8.27. The summed E-state index contributed by atoms with van der Waals surface area (Å²) in [4.78, 5) is 31.6. The highest BCUT2D eigenvalue weighted by Gasteiger charge is 2.27. The third-order valence-corrected chi connectivity index (χ3v) is 6.11. The van der Waals surface area contributed by atoms with Crippen LogP contribution in [0.5, 0.6) is 0 Å². The first-order valence-electron chi connectivity index (χ1n) is 11.2. The number of hydrogen-bond acceptors (Lipinski definition) is 6. The number of amides is 1. The molecule has 4 aromatic rings. The Labute approximate surface area is 192 Å². The predicted octanol–water partition coefficient (Wildman–Crippen LogP) is 3.31. The van der Waals surface area contributed by atoms with Crippen LogP contribution in [0.1, 0.15) is 27.6 Å². The number of fused-ring (bicyclic) bond motifs is 1. The number of carbonyl (C=O) groups is 1. The van der Waals surface area contributed by atoms with Gasteiger partial charge in [-0.1, -0.05) is 30.3 Å². The minimum atomic E-state index is 0.0189. The van der Waals surface area contributed by atoms with Gasteiger partial charge in [0, 0.05) is 50.6 Å². The van der Waals surface area contributed by atoms with Crippen molar-refractivity contribution >= 4 is 22.8 Å². The van der Waals surface area contributed by atoms with Gasteiger partial charge in [0.05, 0.1) is 22.3 Å². The first kappa shape index (κ1) is 21.1. The van der Waals surface area contributed by atoms with E-state index in [-0.39, 0.29) is 5.91 Å². The SMILES string of the molecule is Cc1cc(N2CCN(C(=O)c3cc(-c4ccccc4)nc4c3c(C)nn4C)CC2)nc(C)n1. The minimum Gasteiger partial charge on any atom is -0.353 e. The summed E-state index contributed by atoms with van der Waals surface area (Å²) >= 11 is 0. The van der Waals surface area contributed by atoms with E-state index in [2.05, 4.69) is 20.0 Å². The van der Waals surface area contributed by atoms with Crippen molar-refractivity contribution in [1.82, 2.24) is 29.6 Å². The topological polar surface area (TPSA) is 80.0 Å². The number of nitrogens with zero attached hydrogens (tertiary/aromatic N) is 7. The summed E-state index contributed by atoms with van der Waals surface area (Å²) in [6.45, 7) is 8.54. The molecule has 0 spiro atoms. The van der Waals surface area contributed by atoms with E-state index < -0.39 is 0 Å². The van der Waals surface area contributed by atoms with Gasteiger partial charge < -0.3 is 9.80 Å². The van der Waals surface area contributed by atoms with Crippen LogP contribution in [0.2, 0.25) is 0 Å². The average molecular weight is 442 g/mol. The summed E-state index contributed by atoms with van der Waals surface area (Å²) < 4.78 is 1.76. The highest BCUT2D eigenvalue weighted by atomic mass is 16.2. The quantitative estimate of drug-likeness (QED) is 0.485. The number of hydrogen-bond donors (Lipinski definition) is 0. The largest absolute Gasteiger partial charge is 0.353 e. The van der Waals surface area contributed by atoms with Crippen molar-refractivity contribution < 1.29 is 4.79 Å². The molecule has 0 atom stereocenters. The van der Waals surface area contributed by atoms with Gasteiger partial charge in [-0.15, -0.1) is 0 Å². The molecule has 0 bridgehead atoms. The summed E-state index contributed by atoms with van der Waals surface area (Å²) in [5.41, 5.74) is 4.91. The molecule has 0 unspecified atom stereocenters. The van der Waals surface area contributed by atoms with E-state index in [0.717, 1.165) is 58.4 Å². The summed E-state index contributed by atoms with van der Waals surface area (Å²) in [5.74, 6) is 1.71. The highest BCUT2D eigenvalue weighted by molar-refractivity contribution is 6.07. The maximum Gasteiger partial charge on any atom is 0.254 e. The number of pyridine rings is 1. The zero-order chi connectivity index (χ0) is 23.1. The van der Waals surface area contributed by atoms with Gasteiger partial charge in [-0.3, -0.25) is 9.48 Å². The molecule has 1 aromatic carbocycles. The van der Waals surface area contributed by atoms with E-state index in [4.69, 9.17) is 4.98 Å². The third-order valence-electron chi connectivity index (χ3n) is 6.11. The van der Waals surface area contributed by atoms with Gasteiger partial charge in [0.15, 0.2) is 5.65 Å². The fourth-order valence-corrected chi connectivity index (χ4v) is 4.54. The van der Waals surface area contributed by atoms with Crippen LogP contribution < -0.4 is 4.90 Å². The number of benzene rings is 1. The standard InChI is InChI=1S/C25H27N7O/c1-16-14-22(27-18(3)26-16)31-10-12-32(13-11-31)25(33)20-15-21(19-8-6-5-7-9-19)28-24-23(20)17(2)29-30(24)4/h5-9,14-15H,10-13H2,1-4H3. The fraction of sp³-hybridized carbons (Fsp3) is 0.320. The lowest BCUT2D eigenvalue weighted by atomic mass is 10.0. The second-order valence-corrected chi connectivity index (χ2v) is 8.52. The van der Waals surface area contributed by atoms with Crippen LogP contribution in [0, 0.1) is 20.8 Å². The van der Waals surface area contributed by atoms with Crippen LogP contribution in [0.4, 0.5) is 5.82 Å². The molecule has 33 heavy (non-hydrogen) atoms. The predicted molar refractivity (Wildman–Crippen MR) is 128 cm³/mol. The van der Waals surface area contributed by atoms with E-state index >= 15 is 0 Å². The Morgan fingerprint density at radius 3 is 2.33 bits per heavy atom. The van der Waals surface area contributed by atoms with Gasteiger partial charge in [-0.05, 0) is 26.8 Å². The molecule has 5 rings (SSSR count). The molecule has 1 amide bonds. The van der Waals surface area contributed by atoms with Crippen molar-refractivity contribution in [3.8, 4) is 11.3 Å². The molecule has 1 aliphatic rings. The number of rotatable bonds is 3. The zero-order valence-corrected chi connectivity index (χ0v) is 19.4. The van der Waals surface area contributed by atoms with Crippen LogP contribution in [-0.2, 0) is 7.05 Å². The summed E-state index contributed by atoms with van der Waals surface area (Å²) in [6, 6.07) is 13.9. The van der Waals surface area contributed by atoms with E-state index in [1.165, 1.54) is 0 Å². The van der Waals surface area contributed by atoms with Crippen LogP contribution in [0.3, 0.4) is 0 Å². The Morgan fingerprint density at radius 1 is 0.909 bits per heavy atom. The molecule has 0 N–H and O–H groups in total. The van der Waals surface area contributed by atoms with E-state index in [1.54, 1.807) is 4.68 Å². The number of anilines is 1. The normalized spacial score (nSPS) is 14.2. The lowest BCUT2D eigenvalue weighted by molar-refractivity contribution is 0.0748. The van der Waals surface area contributed by atoms with Crippen LogP contribution in [0.25, 0.3) is 22.3 Å². The number of aryl methyl sites for hydroxylation is 4. The Balaban J connectivity index is 1.46. The van der Waals surface area contributed by atoms with E-state index in [9.17, 15) is 4.79 Å². The van der Waals surface area contributed by atoms with E-state index in [1.807, 2.05) is 75.2 Å². The van der Waals surface area contributed by atoms with Gasteiger partial charge in [-0.25, -0.2) is 15.0 Å². The molecule has 4 heterocycles. The molecular weight excluding hydrogens is 414 g/mol. The highest BCUT2D eigenvalue weighted by Crippen LogP contribution is 2.28. The molecular formula is C25H27N7O. The number of carbonyl (C=O) groups excluding carboxylic acids is 1. The lowest BCUT2D eigenvalue weighted by Gasteiger charge is -2.35. The van der Waals surface area contributed by atoms with Gasteiger partial charge in [0.25, 0.3) is 5.91 Å². The number of aromatic nitrogens is 5. The van der Waals surface area contributed by atoms with Gasteiger partial charge in [-0.2, -0.15) is 5.10 Å². The first-order chi connectivity index (χ1) is 15.9. The van der Waals surface area contributed by atoms with Crippen molar-refractivity contribution in [2.75, 3.05) is 31.1 Å². The third kappa shape index (κ3) is 3.92. The molecule has 3 aromatic heterocycles. The van der Waals surface area contributed by atoms with Gasteiger partial charge in [0.2, 0.25) is 0 Å². The smallest absolute Gasteiger partial charge is 0.254 e. The van der Waals surface area contributed by atoms with Crippen LogP contribution in [-0.4, -0.2) is 61.7 Å². The Kier molecular flexibility index (Phi) is 5.28.